The molecule has 0 bridgehead atoms. The predicted molar refractivity (Wildman–Crippen MR) is 102 cm³/mol. The third-order valence-electron chi connectivity index (χ3n) is 3.47. The zero-order chi connectivity index (χ0) is 16.1. The van der Waals surface area contributed by atoms with Crippen molar-refractivity contribution in [3.05, 3.63) is 58.1 Å². The highest BCUT2D eigenvalue weighted by atomic mass is 79.9. The summed E-state index contributed by atoms with van der Waals surface area (Å²) in [4.78, 5) is 4.71. The second-order valence-corrected chi connectivity index (χ2v) is 7.63. The first kappa shape index (κ1) is 16.7. The second-order valence-electron chi connectivity index (χ2n) is 5.28. The molecule has 0 aliphatic carbocycles. The van der Waals surface area contributed by atoms with Crippen LogP contribution >= 0.6 is 38.9 Å². The van der Waals surface area contributed by atoms with Gasteiger partial charge in [0.15, 0.2) is 0 Å². The zero-order valence-corrected chi connectivity index (χ0v) is 15.8. The van der Waals surface area contributed by atoms with Crippen LogP contribution in [0, 0.1) is 0 Å². The molecule has 0 aliphatic rings. The Kier molecular flexibility index (Phi) is 5.92. The van der Waals surface area contributed by atoms with E-state index in [4.69, 9.17) is 21.3 Å². The molecule has 5 heteroatoms. The van der Waals surface area contributed by atoms with E-state index < -0.39 is 0 Å². The SMILES string of the molecule is Clc1ccc(Cc2nc3ccc(OCCCCBr)cc3s2)cc1. The lowest BCUT2D eigenvalue weighted by Crippen LogP contribution is -1.97. The van der Waals surface area contributed by atoms with Crippen LogP contribution in [0.15, 0.2) is 42.5 Å². The second kappa shape index (κ2) is 8.13. The van der Waals surface area contributed by atoms with Crippen LogP contribution in [0.3, 0.4) is 0 Å². The number of ether oxygens (including phenoxy) is 1. The van der Waals surface area contributed by atoms with Crippen LogP contribution in [0.1, 0.15) is 23.4 Å². The highest BCUT2D eigenvalue weighted by Crippen LogP contribution is 2.28. The predicted octanol–water partition coefficient (Wildman–Crippen LogP) is 6.09. The smallest absolute Gasteiger partial charge is 0.120 e. The Balaban J connectivity index is 1.70. The van der Waals surface area contributed by atoms with Crippen molar-refractivity contribution in [3.63, 3.8) is 0 Å². The molecule has 1 heterocycles. The number of hydrogen-bond acceptors (Lipinski definition) is 3. The minimum atomic E-state index is 0.757. The van der Waals surface area contributed by atoms with E-state index in [1.807, 2.05) is 36.4 Å². The van der Waals surface area contributed by atoms with Gasteiger partial charge < -0.3 is 4.74 Å². The van der Waals surface area contributed by atoms with E-state index in [-0.39, 0.29) is 0 Å². The van der Waals surface area contributed by atoms with Gasteiger partial charge in [-0.25, -0.2) is 4.98 Å². The number of aromatic nitrogens is 1. The fraction of sp³-hybridized carbons (Fsp3) is 0.278. The van der Waals surface area contributed by atoms with Gasteiger partial charge in [0.25, 0.3) is 0 Å². The molecule has 23 heavy (non-hydrogen) atoms. The summed E-state index contributed by atoms with van der Waals surface area (Å²) in [7, 11) is 0. The molecule has 3 aromatic rings. The Bertz CT molecular complexity index is 772. The summed E-state index contributed by atoms with van der Waals surface area (Å²) in [5, 5.41) is 2.90. The maximum Gasteiger partial charge on any atom is 0.120 e. The fourth-order valence-electron chi connectivity index (χ4n) is 2.28. The van der Waals surface area contributed by atoms with Crippen molar-refractivity contribution in [1.29, 1.82) is 0 Å². The molecule has 0 saturated heterocycles. The van der Waals surface area contributed by atoms with Gasteiger partial charge in [-0.3, -0.25) is 0 Å². The Labute approximate surface area is 153 Å². The third kappa shape index (κ3) is 4.69. The first-order chi connectivity index (χ1) is 11.2. The number of unbranched alkanes of at least 4 members (excludes halogenated alkanes) is 1. The average Bonchev–Trinajstić information content (AvgIpc) is 2.95. The van der Waals surface area contributed by atoms with E-state index in [2.05, 4.69) is 22.0 Å². The summed E-state index contributed by atoms with van der Waals surface area (Å²) in [6.45, 7) is 0.757. The monoisotopic (exact) mass is 409 g/mol. The van der Waals surface area contributed by atoms with E-state index in [1.165, 1.54) is 10.3 Å². The van der Waals surface area contributed by atoms with E-state index in [0.717, 1.165) is 52.5 Å². The number of halogens is 2. The number of benzene rings is 2. The Hall–Kier alpha value is -1.10. The maximum atomic E-state index is 5.93. The zero-order valence-electron chi connectivity index (χ0n) is 12.6. The molecule has 1 aromatic heterocycles. The van der Waals surface area contributed by atoms with Crippen LogP contribution < -0.4 is 4.74 Å². The van der Waals surface area contributed by atoms with E-state index in [0.29, 0.717) is 0 Å². The molecular formula is C18H17BrClNOS. The average molecular weight is 411 g/mol. The van der Waals surface area contributed by atoms with Crippen molar-refractivity contribution in [2.75, 3.05) is 11.9 Å². The van der Waals surface area contributed by atoms with Crippen molar-refractivity contribution >= 4 is 49.1 Å². The van der Waals surface area contributed by atoms with E-state index in [9.17, 15) is 0 Å². The van der Waals surface area contributed by atoms with Crippen LogP contribution in [0.25, 0.3) is 10.2 Å². The molecule has 2 aromatic carbocycles. The lowest BCUT2D eigenvalue weighted by Gasteiger charge is -2.04. The standard InChI is InChI=1S/C18H17BrClNOS/c19-9-1-2-10-22-15-7-8-16-17(12-15)23-18(21-16)11-13-3-5-14(20)6-4-13/h3-8,12H,1-2,9-11H2. The van der Waals surface area contributed by atoms with E-state index >= 15 is 0 Å². The molecule has 0 saturated carbocycles. The Morgan fingerprint density at radius 2 is 1.91 bits per heavy atom. The molecule has 120 valence electrons. The summed E-state index contributed by atoms with van der Waals surface area (Å²) in [6, 6.07) is 14.1. The van der Waals surface area contributed by atoms with Crippen LogP contribution in [0.4, 0.5) is 0 Å². The minimum Gasteiger partial charge on any atom is -0.494 e. The lowest BCUT2D eigenvalue weighted by atomic mass is 10.2. The molecule has 0 amide bonds. The number of rotatable bonds is 7. The van der Waals surface area contributed by atoms with Crippen molar-refractivity contribution in [2.45, 2.75) is 19.3 Å². The van der Waals surface area contributed by atoms with Gasteiger partial charge in [-0.15, -0.1) is 11.3 Å². The first-order valence-corrected chi connectivity index (χ1v) is 9.89. The molecule has 3 rings (SSSR count). The molecule has 0 atom stereocenters. The lowest BCUT2D eigenvalue weighted by molar-refractivity contribution is 0.310. The summed E-state index contributed by atoms with van der Waals surface area (Å²) in [5.74, 6) is 0.925. The Morgan fingerprint density at radius 3 is 2.70 bits per heavy atom. The van der Waals surface area contributed by atoms with Gasteiger partial charge in [0.05, 0.1) is 21.8 Å². The summed E-state index contributed by atoms with van der Waals surface area (Å²) in [6.07, 6.45) is 3.03. The minimum absolute atomic E-state index is 0.757. The van der Waals surface area contributed by atoms with Crippen LogP contribution in [0.2, 0.25) is 5.02 Å². The van der Waals surface area contributed by atoms with Gasteiger partial charge in [0.2, 0.25) is 0 Å². The summed E-state index contributed by atoms with van der Waals surface area (Å²) < 4.78 is 6.97. The van der Waals surface area contributed by atoms with Gasteiger partial charge in [0, 0.05) is 16.8 Å². The van der Waals surface area contributed by atoms with Gasteiger partial charge in [0.1, 0.15) is 5.75 Å². The van der Waals surface area contributed by atoms with Crippen LogP contribution in [-0.4, -0.2) is 16.9 Å². The number of hydrogen-bond donors (Lipinski definition) is 0. The fourth-order valence-corrected chi connectivity index (χ4v) is 3.83. The van der Waals surface area contributed by atoms with Gasteiger partial charge >= 0.3 is 0 Å². The molecule has 2 nitrogen and oxygen atoms in total. The summed E-state index contributed by atoms with van der Waals surface area (Å²) >= 11 is 11.1. The van der Waals surface area contributed by atoms with Crippen molar-refractivity contribution in [1.82, 2.24) is 4.98 Å². The molecule has 0 fully saturated rings. The number of thiazole rings is 1. The molecule has 0 aliphatic heterocycles. The molecule has 0 spiro atoms. The maximum absolute atomic E-state index is 5.93. The highest BCUT2D eigenvalue weighted by Gasteiger charge is 2.06. The topological polar surface area (TPSA) is 22.1 Å². The first-order valence-electron chi connectivity index (χ1n) is 7.57. The highest BCUT2D eigenvalue weighted by molar-refractivity contribution is 9.09. The third-order valence-corrected chi connectivity index (χ3v) is 5.30. The van der Waals surface area contributed by atoms with Crippen LogP contribution in [0.5, 0.6) is 5.75 Å². The molecule has 0 N–H and O–H groups in total. The van der Waals surface area contributed by atoms with Crippen LogP contribution in [-0.2, 0) is 6.42 Å². The van der Waals surface area contributed by atoms with Gasteiger partial charge in [-0.05, 0) is 48.7 Å². The van der Waals surface area contributed by atoms with Gasteiger partial charge in [-0.1, -0.05) is 39.7 Å². The number of nitrogens with zero attached hydrogens (tertiary/aromatic N) is 1. The van der Waals surface area contributed by atoms with Gasteiger partial charge in [-0.2, -0.15) is 0 Å². The normalized spacial score (nSPS) is 11.0. The number of alkyl halides is 1. The Morgan fingerprint density at radius 1 is 1.09 bits per heavy atom. The van der Waals surface area contributed by atoms with Crippen molar-refractivity contribution in [3.8, 4) is 5.75 Å². The quantitative estimate of drug-likeness (QED) is 0.347. The van der Waals surface area contributed by atoms with E-state index in [1.54, 1.807) is 11.3 Å². The summed E-state index contributed by atoms with van der Waals surface area (Å²) in [5.41, 5.74) is 2.26. The van der Waals surface area contributed by atoms with Crippen molar-refractivity contribution in [2.24, 2.45) is 0 Å². The molecular weight excluding hydrogens is 394 g/mol. The molecule has 0 radical (unpaired) electrons. The van der Waals surface area contributed by atoms with Crippen molar-refractivity contribution < 1.29 is 4.74 Å². The number of fused-ring (bicyclic) bond motifs is 1. The largest absolute Gasteiger partial charge is 0.494 e. The molecule has 0 unspecified atom stereocenters.